The Bertz CT molecular complexity index is 642. The van der Waals surface area contributed by atoms with Crippen LogP contribution in [0.4, 0.5) is 0 Å². The first-order valence-corrected chi connectivity index (χ1v) is 7.89. The topological polar surface area (TPSA) is 75.9 Å². The van der Waals surface area contributed by atoms with E-state index >= 15 is 0 Å². The highest BCUT2D eigenvalue weighted by Crippen LogP contribution is 2.19. The van der Waals surface area contributed by atoms with Crippen LogP contribution in [0.2, 0.25) is 5.02 Å². The Balaban J connectivity index is 2.16. The van der Waals surface area contributed by atoms with Crippen LogP contribution in [0.3, 0.4) is 0 Å². The summed E-state index contributed by atoms with van der Waals surface area (Å²) in [5.74, 6) is 0.452. The van der Waals surface area contributed by atoms with Crippen LogP contribution in [-0.4, -0.2) is 58.2 Å². The number of nitrogens with zero attached hydrogens (tertiary/aromatic N) is 5. The Morgan fingerprint density at radius 2 is 2.09 bits per heavy atom. The lowest BCUT2D eigenvalue weighted by Crippen LogP contribution is -2.38. The highest BCUT2D eigenvalue weighted by molar-refractivity contribution is 6.30. The molecule has 1 aromatic carbocycles. The molecule has 0 fully saturated rings. The molecule has 1 amide bonds. The van der Waals surface area contributed by atoms with Crippen LogP contribution in [-0.2, 0) is 4.79 Å². The second kappa shape index (κ2) is 8.03. The van der Waals surface area contributed by atoms with Crippen molar-refractivity contribution in [1.82, 2.24) is 30.4 Å². The predicted molar refractivity (Wildman–Crippen MR) is 89.2 cm³/mol. The van der Waals surface area contributed by atoms with Crippen molar-refractivity contribution in [3.05, 3.63) is 29.3 Å². The molecule has 0 bridgehead atoms. The second-order valence-electron chi connectivity index (χ2n) is 5.23. The van der Waals surface area contributed by atoms with Crippen LogP contribution in [0.5, 0.6) is 0 Å². The van der Waals surface area contributed by atoms with Gasteiger partial charge in [0.2, 0.25) is 11.7 Å². The number of amides is 1. The summed E-state index contributed by atoms with van der Waals surface area (Å²) in [6, 6.07) is 6.74. The van der Waals surface area contributed by atoms with Gasteiger partial charge < -0.3 is 10.2 Å². The van der Waals surface area contributed by atoms with Gasteiger partial charge in [-0.05, 0) is 42.9 Å². The largest absolute Gasteiger partial charge is 0.343 e. The van der Waals surface area contributed by atoms with Gasteiger partial charge in [-0.25, -0.2) is 0 Å². The maximum Gasteiger partial charge on any atom is 0.249 e. The molecule has 0 saturated carbocycles. The normalized spacial score (nSPS) is 12.2. The molecular formula is C15H21ClN6O. The summed E-state index contributed by atoms with van der Waals surface area (Å²) >= 11 is 5.88. The Labute approximate surface area is 140 Å². The minimum absolute atomic E-state index is 0.0252. The number of nitrogens with one attached hydrogen (secondary N) is 1. The van der Waals surface area contributed by atoms with Crippen LogP contribution < -0.4 is 5.32 Å². The molecule has 1 aromatic heterocycles. The molecule has 0 radical (unpaired) electrons. The molecule has 124 valence electrons. The van der Waals surface area contributed by atoms with Crippen molar-refractivity contribution >= 4 is 17.5 Å². The summed E-state index contributed by atoms with van der Waals surface area (Å²) in [7, 11) is 3.63. The summed E-state index contributed by atoms with van der Waals surface area (Å²) < 4.78 is 0. The first-order chi connectivity index (χ1) is 11.1. The average Bonchev–Trinajstić information content (AvgIpc) is 3.03. The molecule has 1 unspecified atom stereocenters. The van der Waals surface area contributed by atoms with Crippen molar-refractivity contribution in [2.75, 3.05) is 27.2 Å². The van der Waals surface area contributed by atoms with Crippen molar-refractivity contribution in [2.24, 2.45) is 0 Å². The quantitative estimate of drug-likeness (QED) is 0.831. The molecule has 1 heterocycles. The molecule has 2 rings (SSSR count). The number of carbonyl (C=O) groups is 1. The van der Waals surface area contributed by atoms with Gasteiger partial charge in [0.05, 0.1) is 0 Å². The third-order valence-corrected chi connectivity index (χ3v) is 3.81. The fourth-order valence-electron chi connectivity index (χ4n) is 2.15. The number of benzene rings is 1. The standard InChI is InChI=1S/C15H21ClN6O/c1-4-13(15(23)21(3)10-9-17-2)22-19-14(18-20-22)11-5-7-12(16)8-6-11/h5-8,13,17H,4,9-10H2,1-3H3. The SMILES string of the molecule is CCC(C(=O)N(C)CCNC)n1nnc(-c2ccc(Cl)cc2)n1. The van der Waals surface area contributed by atoms with E-state index in [0.29, 0.717) is 23.8 Å². The van der Waals surface area contributed by atoms with Gasteiger partial charge in [0.1, 0.15) is 0 Å². The molecular weight excluding hydrogens is 316 g/mol. The van der Waals surface area contributed by atoms with Crippen LogP contribution in [0.15, 0.2) is 24.3 Å². The van der Waals surface area contributed by atoms with E-state index in [1.807, 2.05) is 26.1 Å². The minimum Gasteiger partial charge on any atom is -0.343 e. The second-order valence-corrected chi connectivity index (χ2v) is 5.66. The van der Waals surface area contributed by atoms with Gasteiger partial charge in [-0.3, -0.25) is 4.79 Å². The molecule has 7 nitrogen and oxygen atoms in total. The highest BCUT2D eigenvalue weighted by atomic mass is 35.5. The fourth-order valence-corrected chi connectivity index (χ4v) is 2.28. The van der Waals surface area contributed by atoms with Crippen LogP contribution in [0.1, 0.15) is 19.4 Å². The number of hydrogen-bond acceptors (Lipinski definition) is 5. The van der Waals surface area contributed by atoms with Crippen molar-refractivity contribution < 1.29 is 4.79 Å². The number of halogens is 1. The van der Waals surface area contributed by atoms with E-state index in [-0.39, 0.29) is 5.91 Å². The van der Waals surface area contributed by atoms with E-state index in [1.54, 1.807) is 24.1 Å². The monoisotopic (exact) mass is 336 g/mol. The van der Waals surface area contributed by atoms with E-state index in [4.69, 9.17) is 11.6 Å². The number of carbonyl (C=O) groups excluding carboxylic acids is 1. The van der Waals surface area contributed by atoms with E-state index in [0.717, 1.165) is 12.1 Å². The summed E-state index contributed by atoms with van der Waals surface area (Å²) in [4.78, 5) is 15.6. The van der Waals surface area contributed by atoms with Crippen molar-refractivity contribution in [2.45, 2.75) is 19.4 Å². The van der Waals surface area contributed by atoms with Gasteiger partial charge in [0.15, 0.2) is 6.04 Å². The Morgan fingerprint density at radius 3 is 2.70 bits per heavy atom. The maximum atomic E-state index is 12.5. The lowest BCUT2D eigenvalue weighted by molar-refractivity contribution is -0.134. The molecule has 0 aliphatic carbocycles. The number of tetrazole rings is 1. The molecule has 8 heteroatoms. The average molecular weight is 337 g/mol. The Kier molecular flexibility index (Phi) is 6.06. The molecule has 0 aliphatic heterocycles. The molecule has 0 aliphatic rings. The number of aromatic nitrogens is 4. The third-order valence-electron chi connectivity index (χ3n) is 3.55. The zero-order valence-corrected chi connectivity index (χ0v) is 14.3. The van der Waals surface area contributed by atoms with E-state index in [9.17, 15) is 4.79 Å². The lowest BCUT2D eigenvalue weighted by atomic mass is 10.2. The lowest BCUT2D eigenvalue weighted by Gasteiger charge is -2.21. The van der Waals surface area contributed by atoms with Crippen molar-refractivity contribution in [3.8, 4) is 11.4 Å². The first-order valence-electron chi connectivity index (χ1n) is 7.51. The first kappa shape index (κ1) is 17.4. The number of likely N-dealkylation sites (N-methyl/N-ethyl adjacent to an activating group) is 2. The smallest absolute Gasteiger partial charge is 0.249 e. The predicted octanol–water partition coefficient (Wildman–Crippen LogP) is 1.62. The van der Waals surface area contributed by atoms with Crippen molar-refractivity contribution in [3.63, 3.8) is 0 Å². The van der Waals surface area contributed by atoms with E-state index in [2.05, 4.69) is 20.7 Å². The number of hydrogen-bond donors (Lipinski definition) is 1. The van der Waals surface area contributed by atoms with Crippen LogP contribution in [0.25, 0.3) is 11.4 Å². The molecule has 1 atom stereocenters. The van der Waals surface area contributed by atoms with Gasteiger partial charge in [0, 0.05) is 30.7 Å². The van der Waals surface area contributed by atoms with Gasteiger partial charge in [-0.15, -0.1) is 10.2 Å². The molecule has 0 saturated heterocycles. The third kappa shape index (κ3) is 4.27. The molecule has 2 aromatic rings. The van der Waals surface area contributed by atoms with Crippen LogP contribution in [0, 0.1) is 0 Å². The van der Waals surface area contributed by atoms with Gasteiger partial charge in [-0.1, -0.05) is 18.5 Å². The highest BCUT2D eigenvalue weighted by Gasteiger charge is 2.24. The van der Waals surface area contributed by atoms with E-state index < -0.39 is 6.04 Å². The number of rotatable bonds is 7. The zero-order valence-electron chi connectivity index (χ0n) is 13.5. The van der Waals surface area contributed by atoms with E-state index in [1.165, 1.54) is 4.80 Å². The fraction of sp³-hybridized carbons (Fsp3) is 0.467. The zero-order chi connectivity index (χ0) is 16.8. The van der Waals surface area contributed by atoms with Crippen LogP contribution >= 0.6 is 11.6 Å². The van der Waals surface area contributed by atoms with Gasteiger partial charge in [-0.2, -0.15) is 4.80 Å². The van der Waals surface area contributed by atoms with Gasteiger partial charge >= 0.3 is 0 Å². The molecule has 0 spiro atoms. The van der Waals surface area contributed by atoms with Crippen molar-refractivity contribution in [1.29, 1.82) is 0 Å². The molecule has 1 N–H and O–H groups in total. The maximum absolute atomic E-state index is 12.5. The minimum atomic E-state index is -0.453. The van der Waals surface area contributed by atoms with Gasteiger partial charge in [0.25, 0.3) is 0 Å². The Hall–Kier alpha value is -1.99. The summed E-state index contributed by atoms with van der Waals surface area (Å²) in [6.07, 6.45) is 0.596. The summed E-state index contributed by atoms with van der Waals surface area (Å²) in [5.41, 5.74) is 0.812. The summed E-state index contributed by atoms with van der Waals surface area (Å²) in [5, 5.41) is 16.1. The summed E-state index contributed by atoms with van der Waals surface area (Å²) in [6.45, 7) is 3.30. The Morgan fingerprint density at radius 1 is 1.39 bits per heavy atom. The molecule has 23 heavy (non-hydrogen) atoms.